The summed E-state index contributed by atoms with van der Waals surface area (Å²) < 4.78 is 18.1. The molecule has 4 heteroatoms. The van der Waals surface area contributed by atoms with Crippen LogP contribution in [0.4, 0.5) is 5.69 Å². The Bertz CT molecular complexity index is 652. The van der Waals surface area contributed by atoms with E-state index < -0.39 is 7.37 Å². The van der Waals surface area contributed by atoms with Gasteiger partial charge in [0.05, 0.1) is 5.30 Å². The monoisotopic (exact) mass is 245 g/mol. The molecule has 0 aliphatic carbocycles. The Labute approximate surface area is 99.7 Å². The van der Waals surface area contributed by atoms with Crippen molar-refractivity contribution < 1.29 is 9.09 Å². The van der Waals surface area contributed by atoms with Crippen molar-refractivity contribution in [3.8, 4) is 16.9 Å². The van der Waals surface area contributed by atoms with Gasteiger partial charge in [0.15, 0.2) is 0 Å². The van der Waals surface area contributed by atoms with Gasteiger partial charge in [0, 0.05) is 17.9 Å². The number of nitrogens with two attached hydrogens (primary N) is 1. The number of hydrogen-bond acceptors (Lipinski definition) is 3. The van der Waals surface area contributed by atoms with Crippen molar-refractivity contribution in [1.29, 1.82) is 0 Å². The maximum atomic E-state index is 12.5. The standard InChI is InChI=1S/C13H12NO2P/c1-17(15)13-5-3-2-4-10(13)11-8-9(14)6-7-12(11)16-17/h2-8H,14H2,1H3. The molecule has 1 aliphatic rings. The van der Waals surface area contributed by atoms with E-state index in [4.69, 9.17) is 10.3 Å². The molecule has 0 aromatic heterocycles. The number of anilines is 1. The van der Waals surface area contributed by atoms with Crippen LogP contribution in [0.1, 0.15) is 0 Å². The fraction of sp³-hybridized carbons (Fsp3) is 0.0769. The molecular weight excluding hydrogens is 233 g/mol. The van der Waals surface area contributed by atoms with E-state index in [0.29, 0.717) is 11.4 Å². The predicted molar refractivity (Wildman–Crippen MR) is 70.1 cm³/mol. The summed E-state index contributed by atoms with van der Waals surface area (Å²) in [6, 6.07) is 13.0. The molecule has 2 aromatic carbocycles. The first-order valence-electron chi connectivity index (χ1n) is 5.34. The van der Waals surface area contributed by atoms with Crippen LogP contribution in [0.2, 0.25) is 0 Å². The topological polar surface area (TPSA) is 52.3 Å². The molecule has 3 nitrogen and oxygen atoms in total. The lowest BCUT2D eigenvalue weighted by atomic mass is 10.0. The second-order valence-corrected chi connectivity index (χ2v) is 6.57. The van der Waals surface area contributed by atoms with Crippen molar-refractivity contribution in [3.63, 3.8) is 0 Å². The van der Waals surface area contributed by atoms with Crippen molar-refractivity contribution in [1.82, 2.24) is 0 Å². The van der Waals surface area contributed by atoms with Crippen LogP contribution in [-0.2, 0) is 4.57 Å². The molecule has 3 rings (SSSR count). The molecular formula is C13H12NO2P. The van der Waals surface area contributed by atoms with E-state index in [1.807, 2.05) is 30.3 Å². The number of nitrogen functional groups attached to an aromatic ring is 1. The number of hydrogen-bond donors (Lipinski definition) is 1. The highest BCUT2D eigenvalue weighted by atomic mass is 31.2. The van der Waals surface area contributed by atoms with Gasteiger partial charge >= 0.3 is 0 Å². The Morgan fingerprint density at radius 3 is 2.71 bits per heavy atom. The summed E-state index contributed by atoms with van der Waals surface area (Å²) in [5.41, 5.74) is 8.32. The Morgan fingerprint density at radius 1 is 1.12 bits per heavy atom. The molecule has 0 bridgehead atoms. The minimum absolute atomic E-state index is 0.642. The fourth-order valence-corrected chi connectivity index (χ4v) is 3.75. The molecule has 2 N–H and O–H groups in total. The van der Waals surface area contributed by atoms with Crippen LogP contribution < -0.4 is 15.6 Å². The first kappa shape index (κ1) is 10.4. The molecule has 86 valence electrons. The summed E-state index contributed by atoms with van der Waals surface area (Å²) >= 11 is 0. The van der Waals surface area contributed by atoms with Gasteiger partial charge in [-0.05, 0) is 29.8 Å². The summed E-state index contributed by atoms with van der Waals surface area (Å²) in [7, 11) is -2.76. The quantitative estimate of drug-likeness (QED) is 0.573. The SMILES string of the molecule is CP1(=O)Oc2ccc(N)cc2-c2ccccc21. The summed E-state index contributed by atoms with van der Waals surface area (Å²) in [4.78, 5) is 0. The van der Waals surface area contributed by atoms with Crippen LogP contribution in [-0.4, -0.2) is 6.66 Å². The van der Waals surface area contributed by atoms with E-state index >= 15 is 0 Å². The Kier molecular flexibility index (Phi) is 2.07. The molecule has 2 aromatic rings. The van der Waals surface area contributed by atoms with Gasteiger partial charge in [0.1, 0.15) is 5.75 Å². The number of fused-ring (bicyclic) bond motifs is 3. The minimum atomic E-state index is -2.76. The second-order valence-electron chi connectivity index (χ2n) is 4.21. The maximum absolute atomic E-state index is 12.5. The van der Waals surface area contributed by atoms with Gasteiger partial charge in [-0.3, -0.25) is 4.57 Å². The first-order chi connectivity index (χ1) is 8.08. The lowest BCUT2D eigenvalue weighted by Crippen LogP contribution is -2.16. The third-order valence-corrected chi connectivity index (χ3v) is 4.72. The van der Waals surface area contributed by atoms with Gasteiger partial charge in [-0.15, -0.1) is 0 Å². The molecule has 0 amide bonds. The van der Waals surface area contributed by atoms with Crippen LogP contribution in [0.3, 0.4) is 0 Å². The van der Waals surface area contributed by atoms with E-state index in [0.717, 1.165) is 16.4 Å². The lowest BCUT2D eigenvalue weighted by Gasteiger charge is -2.26. The van der Waals surface area contributed by atoms with Gasteiger partial charge < -0.3 is 10.3 Å². The zero-order chi connectivity index (χ0) is 12.0. The number of rotatable bonds is 0. The van der Waals surface area contributed by atoms with Crippen molar-refractivity contribution in [3.05, 3.63) is 42.5 Å². The van der Waals surface area contributed by atoms with Gasteiger partial charge in [-0.25, -0.2) is 0 Å². The molecule has 0 saturated heterocycles. The predicted octanol–water partition coefficient (Wildman–Crippen LogP) is 2.86. The van der Waals surface area contributed by atoms with Crippen LogP contribution in [0.15, 0.2) is 42.5 Å². The maximum Gasteiger partial charge on any atom is 0.274 e. The van der Waals surface area contributed by atoms with Crippen LogP contribution >= 0.6 is 7.37 Å². The summed E-state index contributed by atoms with van der Waals surface area (Å²) in [5, 5.41) is 0.762. The third-order valence-electron chi connectivity index (χ3n) is 2.91. The molecule has 1 aliphatic heterocycles. The zero-order valence-electron chi connectivity index (χ0n) is 9.38. The second kappa shape index (κ2) is 3.38. The normalized spacial score (nSPS) is 21.2. The van der Waals surface area contributed by atoms with E-state index in [2.05, 4.69) is 0 Å². The third kappa shape index (κ3) is 1.55. The molecule has 0 saturated carbocycles. The fourth-order valence-electron chi connectivity index (χ4n) is 2.13. The number of benzene rings is 2. The van der Waals surface area contributed by atoms with E-state index in [1.165, 1.54) is 0 Å². The smallest absolute Gasteiger partial charge is 0.274 e. The van der Waals surface area contributed by atoms with Crippen molar-refractivity contribution >= 4 is 18.4 Å². The van der Waals surface area contributed by atoms with Crippen LogP contribution in [0, 0.1) is 0 Å². The molecule has 0 spiro atoms. The van der Waals surface area contributed by atoms with Crippen molar-refractivity contribution in [2.24, 2.45) is 0 Å². The van der Waals surface area contributed by atoms with E-state index in [1.54, 1.807) is 18.8 Å². The Morgan fingerprint density at radius 2 is 1.88 bits per heavy atom. The molecule has 1 unspecified atom stereocenters. The Hall–Kier alpha value is -1.73. The van der Waals surface area contributed by atoms with Gasteiger partial charge in [-0.1, -0.05) is 18.2 Å². The van der Waals surface area contributed by atoms with Crippen LogP contribution in [0.5, 0.6) is 5.75 Å². The average molecular weight is 245 g/mol. The minimum Gasteiger partial charge on any atom is -0.439 e. The first-order valence-corrected chi connectivity index (χ1v) is 7.42. The van der Waals surface area contributed by atoms with Crippen molar-refractivity contribution in [2.45, 2.75) is 0 Å². The largest absolute Gasteiger partial charge is 0.439 e. The molecule has 0 fully saturated rings. The van der Waals surface area contributed by atoms with Crippen LogP contribution in [0.25, 0.3) is 11.1 Å². The molecule has 17 heavy (non-hydrogen) atoms. The highest BCUT2D eigenvalue weighted by molar-refractivity contribution is 7.67. The summed E-state index contributed by atoms with van der Waals surface area (Å²) in [5.74, 6) is 0.642. The highest BCUT2D eigenvalue weighted by Crippen LogP contribution is 2.52. The zero-order valence-corrected chi connectivity index (χ0v) is 10.3. The molecule has 0 radical (unpaired) electrons. The summed E-state index contributed by atoms with van der Waals surface area (Å²) in [6.07, 6.45) is 0. The summed E-state index contributed by atoms with van der Waals surface area (Å²) in [6.45, 7) is 1.64. The van der Waals surface area contributed by atoms with Gasteiger partial charge in [0.25, 0.3) is 7.37 Å². The van der Waals surface area contributed by atoms with Crippen molar-refractivity contribution in [2.75, 3.05) is 12.4 Å². The average Bonchev–Trinajstić information content (AvgIpc) is 2.30. The lowest BCUT2D eigenvalue weighted by molar-refractivity contribution is 0.497. The van der Waals surface area contributed by atoms with E-state index in [9.17, 15) is 4.57 Å². The highest BCUT2D eigenvalue weighted by Gasteiger charge is 2.31. The van der Waals surface area contributed by atoms with Gasteiger partial charge in [-0.2, -0.15) is 0 Å². The molecule has 1 atom stereocenters. The van der Waals surface area contributed by atoms with E-state index in [-0.39, 0.29) is 0 Å². The Balaban J connectivity index is 2.36. The van der Waals surface area contributed by atoms with Gasteiger partial charge in [0.2, 0.25) is 0 Å². The molecule has 1 heterocycles.